The maximum atomic E-state index is 13.3. The molecule has 2 aliphatic heterocycles. The van der Waals surface area contributed by atoms with Gasteiger partial charge in [0.05, 0.1) is 4.47 Å². The topological polar surface area (TPSA) is 12.5 Å². The highest BCUT2D eigenvalue weighted by molar-refractivity contribution is 9.10. The Morgan fingerprint density at radius 1 is 1.26 bits per heavy atom. The summed E-state index contributed by atoms with van der Waals surface area (Å²) in [6.07, 6.45) is 6.17. The molecule has 0 aliphatic carbocycles. The predicted octanol–water partition coefficient (Wildman–Crippen LogP) is 3.98. The van der Waals surface area contributed by atoms with Gasteiger partial charge in [0, 0.05) is 18.2 Å². The van der Waals surface area contributed by atoms with Crippen molar-refractivity contribution < 1.29 is 9.13 Å². The summed E-state index contributed by atoms with van der Waals surface area (Å²) in [5.74, 6) is 0.388. The standard InChI is InChI=1S/C15H19BrFNO/c1-18-11-3-2-4-12(18)9-13(8-11)19-15-7-10(17)5-6-14(15)16/h5-7,11-13H,2-4,8-9H2,1H3. The minimum atomic E-state index is -0.244. The summed E-state index contributed by atoms with van der Waals surface area (Å²) >= 11 is 3.43. The fraction of sp³-hybridized carbons (Fsp3) is 0.600. The summed E-state index contributed by atoms with van der Waals surface area (Å²) in [6.45, 7) is 0. The normalized spacial score (nSPS) is 31.2. The fourth-order valence-corrected chi connectivity index (χ4v) is 3.75. The van der Waals surface area contributed by atoms with E-state index in [1.54, 1.807) is 6.07 Å². The molecule has 0 aromatic heterocycles. The zero-order valence-electron chi connectivity index (χ0n) is 11.1. The quantitative estimate of drug-likeness (QED) is 0.814. The number of halogens is 2. The van der Waals surface area contributed by atoms with E-state index in [-0.39, 0.29) is 11.9 Å². The SMILES string of the molecule is CN1C2CCCC1CC(Oc1cc(F)ccc1Br)C2. The smallest absolute Gasteiger partial charge is 0.136 e. The number of fused-ring (bicyclic) bond motifs is 2. The molecule has 3 rings (SSSR count). The second-order valence-corrected chi connectivity index (χ2v) is 6.54. The van der Waals surface area contributed by atoms with Crippen molar-refractivity contribution in [2.75, 3.05) is 7.05 Å². The van der Waals surface area contributed by atoms with Gasteiger partial charge in [0.15, 0.2) is 0 Å². The molecule has 2 fully saturated rings. The van der Waals surface area contributed by atoms with E-state index in [1.807, 2.05) is 0 Å². The summed E-state index contributed by atoms with van der Waals surface area (Å²) in [4.78, 5) is 2.50. The first kappa shape index (κ1) is 13.4. The predicted molar refractivity (Wildman–Crippen MR) is 76.9 cm³/mol. The molecule has 0 radical (unpaired) electrons. The third-order valence-corrected chi connectivity index (χ3v) is 5.14. The molecule has 1 aromatic carbocycles. The van der Waals surface area contributed by atoms with Gasteiger partial charge in [-0.1, -0.05) is 6.42 Å². The minimum Gasteiger partial charge on any atom is -0.489 e. The summed E-state index contributed by atoms with van der Waals surface area (Å²) in [6, 6.07) is 5.88. The molecule has 2 saturated heterocycles. The second kappa shape index (κ2) is 5.41. The van der Waals surface area contributed by atoms with E-state index in [1.165, 1.54) is 31.4 Å². The highest BCUT2D eigenvalue weighted by Crippen LogP contribution is 2.36. The Morgan fingerprint density at radius 3 is 2.63 bits per heavy atom. The molecule has 104 valence electrons. The lowest BCUT2D eigenvalue weighted by Crippen LogP contribution is -2.52. The Hall–Kier alpha value is -0.610. The molecule has 2 atom stereocenters. The largest absolute Gasteiger partial charge is 0.489 e. The van der Waals surface area contributed by atoms with Crippen molar-refractivity contribution >= 4 is 15.9 Å². The van der Waals surface area contributed by atoms with Crippen LogP contribution < -0.4 is 4.74 Å². The maximum Gasteiger partial charge on any atom is 0.136 e. The van der Waals surface area contributed by atoms with E-state index in [4.69, 9.17) is 4.74 Å². The molecule has 2 nitrogen and oxygen atoms in total. The average molecular weight is 328 g/mol. The van der Waals surface area contributed by atoms with E-state index in [0.717, 1.165) is 17.3 Å². The molecule has 0 N–H and O–H groups in total. The highest BCUT2D eigenvalue weighted by atomic mass is 79.9. The van der Waals surface area contributed by atoms with Crippen LogP contribution in [0.25, 0.3) is 0 Å². The van der Waals surface area contributed by atoms with Crippen molar-refractivity contribution in [3.8, 4) is 5.75 Å². The van der Waals surface area contributed by atoms with Crippen LogP contribution in [0, 0.1) is 5.82 Å². The van der Waals surface area contributed by atoms with Crippen LogP contribution in [0.2, 0.25) is 0 Å². The number of hydrogen-bond acceptors (Lipinski definition) is 2. The van der Waals surface area contributed by atoms with Crippen LogP contribution in [0.4, 0.5) is 4.39 Å². The van der Waals surface area contributed by atoms with E-state index in [0.29, 0.717) is 17.8 Å². The Morgan fingerprint density at radius 2 is 1.95 bits per heavy atom. The number of benzene rings is 1. The molecule has 0 amide bonds. The van der Waals surface area contributed by atoms with Gasteiger partial charge in [-0.3, -0.25) is 0 Å². The van der Waals surface area contributed by atoms with Gasteiger partial charge >= 0.3 is 0 Å². The Labute approximate surface area is 122 Å². The minimum absolute atomic E-state index is 0.213. The first-order valence-electron chi connectivity index (χ1n) is 6.97. The maximum absolute atomic E-state index is 13.3. The molecule has 0 spiro atoms. The lowest BCUT2D eigenvalue weighted by atomic mass is 9.83. The second-order valence-electron chi connectivity index (χ2n) is 5.69. The number of piperidine rings is 2. The van der Waals surface area contributed by atoms with Crippen LogP contribution in [0.3, 0.4) is 0 Å². The van der Waals surface area contributed by atoms with Gasteiger partial charge in [0.1, 0.15) is 17.7 Å². The van der Waals surface area contributed by atoms with Crippen LogP contribution in [-0.2, 0) is 0 Å². The molecular formula is C15H19BrFNO. The number of rotatable bonds is 2. The monoisotopic (exact) mass is 327 g/mol. The van der Waals surface area contributed by atoms with Crippen LogP contribution in [-0.4, -0.2) is 30.1 Å². The average Bonchev–Trinajstić information content (AvgIpc) is 2.35. The molecule has 1 aromatic rings. The summed E-state index contributed by atoms with van der Waals surface area (Å²) in [5.41, 5.74) is 0. The molecule has 2 bridgehead atoms. The lowest BCUT2D eigenvalue weighted by Gasteiger charge is -2.46. The zero-order chi connectivity index (χ0) is 13.4. The van der Waals surface area contributed by atoms with E-state index >= 15 is 0 Å². The third kappa shape index (κ3) is 2.79. The third-order valence-electron chi connectivity index (χ3n) is 4.48. The van der Waals surface area contributed by atoms with Gasteiger partial charge in [-0.15, -0.1) is 0 Å². The molecule has 2 aliphatic rings. The van der Waals surface area contributed by atoms with Crippen molar-refractivity contribution in [1.82, 2.24) is 4.90 Å². The van der Waals surface area contributed by atoms with Gasteiger partial charge < -0.3 is 9.64 Å². The molecule has 2 heterocycles. The Bertz CT molecular complexity index is 453. The molecule has 19 heavy (non-hydrogen) atoms. The highest BCUT2D eigenvalue weighted by Gasteiger charge is 2.37. The van der Waals surface area contributed by atoms with Crippen molar-refractivity contribution in [3.63, 3.8) is 0 Å². The zero-order valence-corrected chi connectivity index (χ0v) is 12.7. The van der Waals surface area contributed by atoms with Crippen LogP contribution in [0.15, 0.2) is 22.7 Å². The van der Waals surface area contributed by atoms with Crippen molar-refractivity contribution in [2.24, 2.45) is 0 Å². The lowest BCUT2D eigenvalue weighted by molar-refractivity contribution is -0.000209. The summed E-state index contributed by atoms with van der Waals surface area (Å²) in [7, 11) is 2.23. The summed E-state index contributed by atoms with van der Waals surface area (Å²) in [5, 5.41) is 0. The number of nitrogens with zero attached hydrogens (tertiary/aromatic N) is 1. The first-order chi connectivity index (χ1) is 9.13. The van der Waals surface area contributed by atoms with Gasteiger partial charge in [-0.2, -0.15) is 0 Å². The fourth-order valence-electron chi connectivity index (χ4n) is 3.41. The van der Waals surface area contributed by atoms with Gasteiger partial charge in [0.25, 0.3) is 0 Å². The Kier molecular flexibility index (Phi) is 3.81. The number of hydrogen-bond donors (Lipinski definition) is 0. The summed E-state index contributed by atoms with van der Waals surface area (Å²) < 4.78 is 20.2. The van der Waals surface area contributed by atoms with Gasteiger partial charge in [0.2, 0.25) is 0 Å². The van der Waals surface area contributed by atoms with Gasteiger partial charge in [-0.05, 0) is 60.8 Å². The van der Waals surface area contributed by atoms with Crippen molar-refractivity contribution in [2.45, 2.75) is 50.3 Å². The van der Waals surface area contributed by atoms with E-state index in [9.17, 15) is 4.39 Å². The van der Waals surface area contributed by atoms with Gasteiger partial charge in [-0.25, -0.2) is 4.39 Å². The van der Waals surface area contributed by atoms with E-state index < -0.39 is 0 Å². The van der Waals surface area contributed by atoms with Crippen LogP contribution in [0.5, 0.6) is 5.75 Å². The molecule has 2 unspecified atom stereocenters. The van der Waals surface area contributed by atoms with Crippen molar-refractivity contribution in [3.05, 3.63) is 28.5 Å². The first-order valence-corrected chi connectivity index (χ1v) is 7.76. The Balaban J connectivity index is 1.72. The van der Waals surface area contributed by atoms with Crippen LogP contribution in [0.1, 0.15) is 32.1 Å². The van der Waals surface area contributed by atoms with Crippen molar-refractivity contribution in [1.29, 1.82) is 0 Å². The molecular weight excluding hydrogens is 309 g/mol. The van der Waals surface area contributed by atoms with Crippen LogP contribution >= 0.6 is 15.9 Å². The molecule has 4 heteroatoms. The number of ether oxygens (including phenoxy) is 1. The molecule has 0 saturated carbocycles. The van der Waals surface area contributed by atoms with E-state index in [2.05, 4.69) is 27.9 Å².